The van der Waals surface area contributed by atoms with Crippen molar-refractivity contribution < 1.29 is 27.4 Å². The number of hydrogen-bond acceptors (Lipinski definition) is 3. The van der Waals surface area contributed by atoms with E-state index in [0.29, 0.717) is 5.56 Å². The van der Waals surface area contributed by atoms with Gasteiger partial charge in [0.2, 0.25) is 0 Å². The molecule has 0 radical (unpaired) electrons. The van der Waals surface area contributed by atoms with Gasteiger partial charge in [0, 0.05) is 11.4 Å². The quantitative estimate of drug-likeness (QED) is 0.777. The van der Waals surface area contributed by atoms with E-state index >= 15 is 0 Å². The Morgan fingerprint density at radius 1 is 1.37 bits per heavy atom. The Bertz CT molecular complexity index is 446. The van der Waals surface area contributed by atoms with Crippen LogP contribution < -0.4 is 4.74 Å². The van der Waals surface area contributed by atoms with Crippen LogP contribution in [0.25, 0.3) is 0 Å². The number of alkyl halides is 3. The van der Waals surface area contributed by atoms with Crippen LogP contribution in [-0.4, -0.2) is 18.9 Å². The molecule has 1 aromatic rings. The average molecular weight is 297 g/mol. The molecule has 0 aliphatic rings. The first kappa shape index (κ1) is 15.6. The van der Waals surface area contributed by atoms with E-state index in [1.54, 1.807) is 6.92 Å². The van der Waals surface area contributed by atoms with Gasteiger partial charge in [-0.05, 0) is 37.1 Å². The SMILES string of the molecule is CCOC(=O)CCc1cc(OC(F)(F)F)ccc1Cl. The van der Waals surface area contributed by atoms with Crippen LogP contribution in [0.4, 0.5) is 13.2 Å². The molecule has 0 amide bonds. The molecular formula is C12H12ClF3O3. The van der Waals surface area contributed by atoms with Gasteiger partial charge in [-0.2, -0.15) is 0 Å². The summed E-state index contributed by atoms with van der Waals surface area (Å²) in [6.45, 7) is 1.92. The fraction of sp³-hybridized carbons (Fsp3) is 0.417. The fourth-order valence-electron chi connectivity index (χ4n) is 1.41. The number of benzene rings is 1. The first-order valence-electron chi connectivity index (χ1n) is 5.51. The largest absolute Gasteiger partial charge is 0.573 e. The summed E-state index contributed by atoms with van der Waals surface area (Å²) >= 11 is 5.84. The molecule has 0 heterocycles. The number of aryl methyl sites for hydroxylation is 1. The summed E-state index contributed by atoms with van der Waals surface area (Å²) in [6.07, 6.45) is -4.53. The van der Waals surface area contributed by atoms with E-state index in [9.17, 15) is 18.0 Å². The van der Waals surface area contributed by atoms with Crippen LogP contribution in [0.1, 0.15) is 18.9 Å². The van der Waals surface area contributed by atoms with E-state index in [2.05, 4.69) is 4.74 Å². The molecule has 0 atom stereocenters. The summed E-state index contributed by atoms with van der Waals surface area (Å²) in [5.41, 5.74) is 0.400. The summed E-state index contributed by atoms with van der Waals surface area (Å²) in [4.78, 5) is 11.2. The third-order valence-electron chi connectivity index (χ3n) is 2.15. The second kappa shape index (κ2) is 6.65. The summed E-state index contributed by atoms with van der Waals surface area (Å²) in [5, 5.41) is 0.277. The lowest BCUT2D eigenvalue weighted by Crippen LogP contribution is -2.17. The van der Waals surface area contributed by atoms with Crippen molar-refractivity contribution in [2.75, 3.05) is 6.61 Å². The number of esters is 1. The van der Waals surface area contributed by atoms with Gasteiger partial charge in [-0.15, -0.1) is 13.2 Å². The van der Waals surface area contributed by atoms with Gasteiger partial charge >= 0.3 is 12.3 Å². The molecule has 0 spiro atoms. The molecule has 0 bridgehead atoms. The van der Waals surface area contributed by atoms with Crippen molar-refractivity contribution in [3.63, 3.8) is 0 Å². The summed E-state index contributed by atoms with van der Waals surface area (Å²) < 4.78 is 44.7. The summed E-state index contributed by atoms with van der Waals surface area (Å²) in [5.74, 6) is -0.795. The standard InChI is InChI=1S/C12H12ClF3O3/c1-2-18-11(17)6-3-8-7-9(4-5-10(8)13)19-12(14,15)16/h4-5,7H,2-3,6H2,1H3. The van der Waals surface area contributed by atoms with E-state index < -0.39 is 12.3 Å². The van der Waals surface area contributed by atoms with Gasteiger partial charge in [-0.1, -0.05) is 11.6 Å². The minimum absolute atomic E-state index is 0.0447. The minimum atomic E-state index is -4.76. The van der Waals surface area contributed by atoms with E-state index in [0.717, 1.165) is 12.1 Å². The van der Waals surface area contributed by atoms with Gasteiger partial charge in [-0.3, -0.25) is 4.79 Å². The summed E-state index contributed by atoms with van der Waals surface area (Å²) in [7, 11) is 0. The zero-order valence-electron chi connectivity index (χ0n) is 10.1. The predicted molar refractivity (Wildman–Crippen MR) is 63.1 cm³/mol. The lowest BCUT2D eigenvalue weighted by atomic mass is 10.1. The molecule has 106 valence electrons. The molecule has 0 aliphatic heterocycles. The Hall–Kier alpha value is -1.43. The zero-order chi connectivity index (χ0) is 14.5. The Balaban J connectivity index is 2.72. The Morgan fingerprint density at radius 2 is 2.05 bits per heavy atom. The minimum Gasteiger partial charge on any atom is -0.466 e. The lowest BCUT2D eigenvalue weighted by molar-refractivity contribution is -0.274. The number of halogens is 4. The van der Waals surface area contributed by atoms with Gasteiger partial charge in [0.15, 0.2) is 0 Å². The predicted octanol–water partition coefficient (Wildman–Crippen LogP) is 3.73. The molecule has 0 saturated carbocycles. The maximum atomic E-state index is 12.1. The van der Waals surface area contributed by atoms with Crippen molar-refractivity contribution in [1.82, 2.24) is 0 Å². The topological polar surface area (TPSA) is 35.5 Å². The van der Waals surface area contributed by atoms with Crippen molar-refractivity contribution >= 4 is 17.6 Å². The van der Waals surface area contributed by atoms with Gasteiger partial charge in [0.25, 0.3) is 0 Å². The van der Waals surface area contributed by atoms with E-state index in [1.807, 2.05) is 0 Å². The van der Waals surface area contributed by atoms with Crippen LogP contribution in [0.2, 0.25) is 5.02 Å². The molecule has 1 aromatic carbocycles. The van der Waals surface area contributed by atoms with E-state index in [-0.39, 0.29) is 30.2 Å². The molecule has 3 nitrogen and oxygen atoms in total. The number of hydrogen-bond donors (Lipinski definition) is 0. The van der Waals surface area contributed by atoms with Crippen LogP contribution in [0.3, 0.4) is 0 Å². The van der Waals surface area contributed by atoms with Gasteiger partial charge in [0.05, 0.1) is 6.61 Å². The third kappa shape index (κ3) is 5.83. The number of ether oxygens (including phenoxy) is 2. The highest BCUT2D eigenvalue weighted by atomic mass is 35.5. The number of rotatable bonds is 5. The molecule has 19 heavy (non-hydrogen) atoms. The van der Waals surface area contributed by atoms with E-state index in [1.165, 1.54) is 6.07 Å². The second-order valence-corrected chi connectivity index (χ2v) is 4.01. The Labute approximate surface area is 113 Å². The van der Waals surface area contributed by atoms with Crippen molar-refractivity contribution in [3.05, 3.63) is 28.8 Å². The van der Waals surface area contributed by atoms with Gasteiger partial charge < -0.3 is 9.47 Å². The number of carbonyl (C=O) groups excluding carboxylic acids is 1. The van der Waals surface area contributed by atoms with Crippen LogP contribution in [-0.2, 0) is 16.0 Å². The molecular weight excluding hydrogens is 285 g/mol. The first-order chi connectivity index (χ1) is 8.81. The highest BCUT2D eigenvalue weighted by Gasteiger charge is 2.31. The first-order valence-corrected chi connectivity index (χ1v) is 5.89. The van der Waals surface area contributed by atoms with Crippen molar-refractivity contribution in [2.45, 2.75) is 26.1 Å². The average Bonchev–Trinajstić information content (AvgIpc) is 2.28. The van der Waals surface area contributed by atoms with Crippen LogP contribution >= 0.6 is 11.6 Å². The fourth-order valence-corrected chi connectivity index (χ4v) is 1.62. The highest BCUT2D eigenvalue weighted by Crippen LogP contribution is 2.27. The zero-order valence-corrected chi connectivity index (χ0v) is 10.8. The maximum Gasteiger partial charge on any atom is 0.573 e. The monoisotopic (exact) mass is 296 g/mol. The molecule has 0 aromatic heterocycles. The molecule has 0 fully saturated rings. The highest BCUT2D eigenvalue weighted by molar-refractivity contribution is 6.31. The number of carbonyl (C=O) groups is 1. The maximum absolute atomic E-state index is 12.1. The molecule has 0 unspecified atom stereocenters. The van der Waals surface area contributed by atoms with Crippen molar-refractivity contribution in [1.29, 1.82) is 0 Å². The smallest absolute Gasteiger partial charge is 0.466 e. The second-order valence-electron chi connectivity index (χ2n) is 3.61. The van der Waals surface area contributed by atoms with Crippen LogP contribution in [0.15, 0.2) is 18.2 Å². The molecule has 0 saturated heterocycles. The van der Waals surface area contributed by atoms with Crippen molar-refractivity contribution in [2.24, 2.45) is 0 Å². The Morgan fingerprint density at radius 3 is 2.63 bits per heavy atom. The normalized spacial score (nSPS) is 11.2. The van der Waals surface area contributed by atoms with Crippen molar-refractivity contribution in [3.8, 4) is 5.75 Å². The molecule has 0 aliphatic carbocycles. The molecule has 7 heteroatoms. The molecule has 1 rings (SSSR count). The Kier molecular flexibility index (Phi) is 5.47. The van der Waals surface area contributed by atoms with Crippen LogP contribution in [0, 0.1) is 0 Å². The lowest BCUT2D eigenvalue weighted by Gasteiger charge is -2.11. The van der Waals surface area contributed by atoms with Gasteiger partial charge in [-0.25, -0.2) is 0 Å². The van der Waals surface area contributed by atoms with Gasteiger partial charge in [0.1, 0.15) is 5.75 Å². The molecule has 0 N–H and O–H groups in total. The van der Waals surface area contributed by atoms with Crippen LogP contribution in [0.5, 0.6) is 5.75 Å². The van der Waals surface area contributed by atoms with E-state index in [4.69, 9.17) is 16.3 Å². The summed E-state index contributed by atoms with van der Waals surface area (Å²) in [6, 6.07) is 3.57. The third-order valence-corrected chi connectivity index (χ3v) is 2.52.